The summed E-state index contributed by atoms with van der Waals surface area (Å²) in [6.45, 7) is 3.10. The normalized spacial score (nSPS) is 13.3. The van der Waals surface area contributed by atoms with E-state index in [1.807, 2.05) is 60.4 Å². The minimum Gasteiger partial charge on any atom is -0.454 e. The Morgan fingerprint density at radius 2 is 1.94 bits per heavy atom. The van der Waals surface area contributed by atoms with E-state index in [1.54, 1.807) is 29.5 Å². The molecule has 6 rings (SSSR count). The Bertz CT molecular complexity index is 1470. The maximum absolute atomic E-state index is 13.6. The molecule has 0 radical (unpaired) electrons. The Kier molecular flexibility index (Phi) is 5.33. The second-order valence-electron chi connectivity index (χ2n) is 8.69. The monoisotopic (exact) mass is 464 g/mol. The highest BCUT2D eigenvalue weighted by Gasteiger charge is 2.34. The van der Waals surface area contributed by atoms with Crippen molar-refractivity contribution in [2.24, 2.45) is 0 Å². The Labute approximate surface area is 202 Å². The third kappa shape index (κ3) is 4.07. The lowest BCUT2D eigenvalue weighted by Gasteiger charge is -2.21. The van der Waals surface area contributed by atoms with Gasteiger partial charge in [0.25, 0.3) is 11.9 Å². The van der Waals surface area contributed by atoms with Crippen LogP contribution in [-0.2, 0) is 6.54 Å². The van der Waals surface area contributed by atoms with Crippen LogP contribution in [0, 0.1) is 0 Å². The number of fused-ring (bicyclic) bond motifs is 1. The second kappa shape index (κ2) is 8.79. The highest BCUT2D eigenvalue weighted by atomic mass is 16.3. The van der Waals surface area contributed by atoms with Crippen molar-refractivity contribution in [3.63, 3.8) is 0 Å². The summed E-state index contributed by atoms with van der Waals surface area (Å²) in [4.78, 5) is 28.7. The van der Waals surface area contributed by atoms with Crippen LogP contribution in [0.25, 0.3) is 28.4 Å². The first kappa shape index (κ1) is 21.2. The van der Waals surface area contributed by atoms with Gasteiger partial charge in [-0.15, -0.1) is 0 Å². The molecule has 5 aromatic rings. The molecule has 4 aromatic heterocycles. The number of pyridine rings is 1. The number of carbonyl (C=O) groups is 1. The van der Waals surface area contributed by atoms with Crippen molar-refractivity contribution in [3.05, 3.63) is 90.1 Å². The molecular weight excluding hydrogens is 440 g/mol. The molecule has 8 heteroatoms. The smallest absolute Gasteiger partial charge is 0.257 e. The van der Waals surface area contributed by atoms with Crippen LogP contribution in [0.3, 0.4) is 0 Å². The van der Waals surface area contributed by atoms with Crippen molar-refractivity contribution in [1.29, 1.82) is 0 Å². The quantitative estimate of drug-likeness (QED) is 0.336. The van der Waals surface area contributed by atoms with Gasteiger partial charge in [-0.3, -0.25) is 9.78 Å². The van der Waals surface area contributed by atoms with Crippen molar-refractivity contribution < 1.29 is 9.21 Å². The molecule has 4 heterocycles. The number of amides is 1. The van der Waals surface area contributed by atoms with Crippen LogP contribution in [0.5, 0.6) is 0 Å². The largest absolute Gasteiger partial charge is 0.454 e. The molecule has 8 nitrogen and oxygen atoms in total. The summed E-state index contributed by atoms with van der Waals surface area (Å²) in [6.07, 6.45) is 8.88. The van der Waals surface area contributed by atoms with Crippen molar-refractivity contribution in [2.75, 3.05) is 6.54 Å². The average molecular weight is 465 g/mol. The molecule has 35 heavy (non-hydrogen) atoms. The molecule has 0 spiro atoms. The predicted molar refractivity (Wildman–Crippen MR) is 131 cm³/mol. The number of benzene rings is 1. The van der Waals surface area contributed by atoms with Crippen molar-refractivity contribution in [1.82, 2.24) is 29.6 Å². The number of rotatable bonds is 7. The maximum Gasteiger partial charge on any atom is 0.257 e. The third-order valence-electron chi connectivity index (χ3n) is 6.30. The first-order valence-corrected chi connectivity index (χ1v) is 11.8. The van der Waals surface area contributed by atoms with Gasteiger partial charge in [-0.1, -0.05) is 18.2 Å². The van der Waals surface area contributed by atoms with Gasteiger partial charge in [-0.2, -0.15) is 5.10 Å². The van der Waals surface area contributed by atoms with Gasteiger partial charge in [0.2, 0.25) is 0 Å². The van der Waals surface area contributed by atoms with Crippen LogP contribution >= 0.6 is 0 Å². The van der Waals surface area contributed by atoms with E-state index in [9.17, 15) is 4.79 Å². The van der Waals surface area contributed by atoms with Crippen molar-refractivity contribution in [2.45, 2.75) is 32.2 Å². The van der Waals surface area contributed by atoms with E-state index in [0.29, 0.717) is 36.1 Å². The Morgan fingerprint density at radius 3 is 2.71 bits per heavy atom. The van der Waals surface area contributed by atoms with E-state index in [1.165, 1.54) is 0 Å². The lowest BCUT2D eigenvalue weighted by Crippen LogP contribution is -2.31. The van der Waals surface area contributed by atoms with E-state index in [0.717, 1.165) is 35.1 Å². The fraction of sp³-hybridized carbons (Fsp3) is 0.222. The standard InChI is InChI=1S/C27H24N6O2/c1-2-32(17-18-9-12-28-13-10-18)26(34)21-16-30-33(25(21)19-7-8-19)27-29-14-11-22(31-27)24-15-20-5-3-4-6-23(20)35-24/h3-6,9-16,19H,2,7-8,17H2,1H3. The molecule has 0 N–H and O–H groups in total. The number of hydrogen-bond donors (Lipinski definition) is 0. The minimum absolute atomic E-state index is 0.0362. The highest BCUT2D eigenvalue weighted by Crippen LogP contribution is 2.42. The Morgan fingerprint density at radius 1 is 1.11 bits per heavy atom. The van der Waals surface area contributed by atoms with Gasteiger partial charge in [0, 0.05) is 43.0 Å². The summed E-state index contributed by atoms with van der Waals surface area (Å²) in [5.74, 6) is 1.34. The van der Waals surface area contributed by atoms with Crippen molar-refractivity contribution in [3.8, 4) is 17.4 Å². The van der Waals surface area contributed by atoms with Crippen LogP contribution < -0.4 is 0 Å². The molecule has 0 saturated heterocycles. The third-order valence-corrected chi connectivity index (χ3v) is 6.30. The van der Waals surface area contributed by atoms with E-state index in [2.05, 4.69) is 15.1 Å². The number of hydrogen-bond acceptors (Lipinski definition) is 6. The molecule has 1 fully saturated rings. The second-order valence-corrected chi connectivity index (χ2v) is 8.69. The zero-order chi connectivity index (χ0) is 23.8. The van der Waals surface area contributed by atoms with Crippen LogP contribution in [-0.4, -0.2) is 42.1 Å². The van der Waals surface area contributed by atoms with Gasteiger partial charge in [-0.25, -0.2) is 14.6 Å². The summed E-state index contributed by atoms with van der Waals surface area (Å²) in [5.41, 5.74) is 4.01. The number of para-hydroxylation sites is 1. The molecular formula is C27H24N6O2. The van der Waals surface area contributed by atoms with Crippen LogP contribution in [0.2, 0.25) is 0 Å². The Balaban J connectivity index is 1.35. The van der Waals surface area contributed by atoms with E-state index >= 15 is 0 Å². The molecule has 1 aliphatic carbocycles. The summed E-state index contributed by atoms with van der Waals surface area (Å²) < 4.78 is 7.72. The van der Waals surface area contributed by atoms with E-state index in [-0.39, 0.29) is 11.8 Å². The van der Waals surface area contributed by atoms with Gasteiger partial charge in [0.05, 0.1) is 17.5 Å². The fourth-order valence-electron chi connectivity index (χ4n) is 4.33. The summed E-state index contributed by atoms with van der Waals surface area (Å²) in [7, 11) is 0. The van der Waals surface area contributed by atoms with E-state index in [4.69, 9.17) is 9.40 Å². The van der Waals surface area contributed by atoms with E-state index < -0.39 is 0 Å². The molecule has 0 bridgehead atoms. The molecule has 174 valence electrons. The molecule has 1 saturated carbocycles. The molecule has 1 aliphatic rings. The van der Waals surface area contributed by atoms with Gasteiger partial charge < -0.3 is 9.32 Å². The predicted octanol–water partition coefficient (Wildman–Crippen LogP) is 5.01. The van der Waals surface area contributed by atoms with Crippen LogP contribution in [0.15, 0.2) is 77.7 Å². The zero-order valence-electron chi connectivity index (χ0n) is 19.3. The number of aromatic nitrogens is 5. The van der Waals surface area contributed by atoms with Gasteiger partial charge in [0.1, 0.15) is 11.3 Å². The molecule has 0 unspecified atom stereocenters. The topological polar surface area (TPSA) is 89.9 Å². The van der Waals surface area contributed by atoms with Crippen molar-refractivity contribution >= 4 is 16.9 Å². The van der Waals surface area contributed by atoms with Crippen LogP contribution in [0.4, 0.5) is 0 Å². The lowest BCUT2D eigenvalue weighted by molar-refractivity contribution is 0.0751. The molecule has 1 aromatic carbocycles. The summed E-state index contributed by atoms with van der Waals surface area (Å²) in [6, 6.07) is 15.5. The number of furan rings is 1. The molecule has 0 atom stereocenters. The molecule has 0 aliphatic heterocycles. The average Bonchev–Trinajstić information content (AvgIpc) is 3.49. The zero-order valence-corrected chi connectivity index (χ0v) is 19.3. The highest BCUT2D eigenvalue weighted by molar-refractivity contribution is 5.95. The van der Waals surface area contributed by atoms with Gasteiger partial charge >= 0.3 is 0 Å². The summed E-state index contributed by atoms with van der Waals surface area (Å²) >= 11 is 0. The maximum atomic E-state index is 13.6. The minimum atomic E-state index is -0.0362. The lowest BCUT2D eigenvalue weighted by atomic mass is 10.1. The summed E-state index contributed by atoms with van der Waals surface area (Å²) in [5, 5.41) is 5.59. The van der Waals surface area contributed by atoms with Gasteiger partial charge in [-0.05, 0) is 55.7 Å². The number of nitrogens with zero attached hydrogens (tertiary/aromatic N) is 6. The first-order chi connectivity index (χ1) is 17.2. The SMILES string of the molecule is CCN(Cc1ccncc1)C(=O)c1cnn(-c2nccc(-c3cc4ccccc4o3)n2)c1C1CC1. The van der Waals surface area contributed by atoms with Crippen LogP contribution in [0.1, 0.15) is 47.3 Å². The van der Waals surface area contributed by atoms with Gasteiger partial charge in [0.15, 0.2) is 5.76 Å². The fourth-order valence-corrected chi connectivity index (χ4v) is 4.33. The Hall–Kier alpha value is -4.33. The number of carbonyl (C=O) groups excluding carboxylic acids is 1. The first-order valence-electron chi connectivity index (χ1n) is 11.8. The molecule has 1 amide bonds.